The Morgan fingerprint density at radius 3 is 2.40 bits per heavy atom. The van der Waals surface area contributed by atoms with Crippen molar-refractivity contribution in [3.05, 3.63) is 58.7 Å². The predicted molar refractivity (Wildman–Crippen MR) is 161 cm³/mol. The molecular formula is C35H49NO6. The van der Waals surface area contributed by atoms with Gasteiger partial charge in [0, 0.05) is 29.6 Å². The number of hydrogen-bond donors (Lipinski definition) is 4. The molecule has 0 unspecified atom stereocenters. The van der Waals surface area contributed by atoms with Crippen molar-refractivity contribution < 1.29 is 29.6 Å². The number of esters is 1. The molecule has 7 heteroatoms. The first-order chi connectivity index (χ1) is 19.7. The lowest BCUT2D eigenvalue weighted by molar-refractivity contribution is -0.187. The van der Waals surface area contributed by atoms with Gasteiger partial charge in [0.2, 0.25) is 0 Å². The monoisotopic (exact) mass is 579 g/mol. The van der Waals surface area contributed by atoms with E-state index in [4.69, 9.17) is 10.5 Å². The Bertz CT molecular complexity index is 1280. The summed E-state index contributed by atoms with van der Waals surface area (Å²) >= 11 is 0. The molecule has 7 nitrogen and oxygen atoms in total. The highest BCUT2D eigenvalue weighted by molar-refractivity contribution is 6.04. The molecule has 230 valence electrons. The van der Waals surface area contributed by atoms with E-state index in [0.29, 0.717) is 24.0 Å². The highest BCUT2D eigenvalue weighted by Crippen LogP contribution is 2.76. The Labute approximate surface area is 250 Å². The third kappa shape index (κ3) is 4.81. The zero-order chi connectivity index (χ0) is 30.7. The van der Waals surface area contributed by atoms with Crippen molar-refractivity contribution in [2.45, 2.75) is 109 Å². The minimum Gasteiger partial charge on any atom is -0.457 e. The lowest BCUT2D eigenvalue weighted by Gasteiger charge is -2.50. The number of aliphatic hydroxyl groups is 3. The Morgan fingerprint density at radius 2 is 1.74 bits per heavy atom. The fourth-order valence-corrected chi connectivity index (χ4v) is 8.77. The molecule has 1 aromatic carbocycles. The molecule has 8 atom stereocenters. The van der Waals surface area contributed by atoms with E-state index < -0.39 is 51.8 Å². The molecule has 0 spiro atoms. The second-order valence-electron chi connectivity index (χ2n) is 14.3. The lowest BCUT2D eigenvalue weighted by Crippen LogP contribution is -2.61. The summed E-state index contributed by atoms with van der Waals surface area (Å²) in [5, 5.41) is 34.3. The zero-order valence-corrected chi connectivity index (χ0v) is 25.9. The summed E-state index contributed by atoms with van der Waals surface area (Å²) in [4.78, 5) is 26.5. The van der Waals surface area contributed by atoms with Crippen LogP contribution in [0.25, 0.3) is 0 Å². The van der Waals surface area contributed by atoms with Crippen LogP contribution in [0.3, 0.4) is 0 Å². The molecule has 0 radical (unpaired) electrons. The number of fused-ring (bicyclic) bond motifs is 5. The molecule has 0 aliphatic heterocycles. The number of aryl methyl sites for hydroxylation is 2. The zero-order valence-electron chi connectivity index (χ0n) is 25.9. The van der Waals surface area contributed by atoms with Gasteiger partial charge < -0.3 is 25.8 Å². The maximum Gasteiger partial charge on any atom is 0.323 e. The molecule has 0 amide bonds. The van der Waals surface area contributed by atoms with Gasteiger partial charge in [0.05, 0.1) is 12.2 Å². The number of aliphatic hydroxyl groups excluding tert-OH is 1. The van der Waals surface area contributed by atoms with Gasteiger partial charge in [0.25, 0.3) is 0 Å². The van der Waals surface area contributed by atoms with Gasteiger partial charge in [-0.15, -0.1) is 0 Å². The van der Waals surface area contributed by atoms with Gasteiger partial charge in [-0.1, -0.05) is 82.0 Å². The predicted octanol–water partition coefficient (Wildman–Crippen LogP) is 4.34. The third-order valence-electron chi connectivity index (χ3n) is 11.3. The summed E-state index contributed by atoms with van der Waals surface area (Å²) in [6, 6.07) is 7.93. The van der Waals surface area contributed by atoms with E-state index in [0.717, 1.165) is 32.1 Å². The van der Waals surface area contributed by atoms with E-state index >= 15 is 0 Å². The van der Waals surface area contributed by atoms with Crippen molar-refractivity contribution >= 4 is 11.8 Å². The van der Waals surface area contributed by atoms with Gasteiger partial charge in [-0.05, 0) is 62.2 Å². The van der Waals surface area contributed by atoms with E-state index in [1.54, 1.807) is 13.0 Å². The van der Waals surface area contributed by atoms with Crippen molar-refractivity contribution in [2.24, 2.45) is 34.8 Å². The molecule has 2 saturated carbocycles. The number of unbranched alkanes of at least 4 members (excludes halogenated alkanes) is 3. The molecule has 2 fully saturated rings. The smallest absolute Gasteiger partial charge is 0.323 e. The molecule has 4 aliphatic rings. The molecular weight excluding hydrogens is 530 g/mol. The van der Waals surface area contributed by atoms with Crippen LogP contribution in [0, 0.1) is 36.0 Å². The molecule has 0 heterocycles. The number of nitrogens with two attached hydrogens (primary N) is 1. The van der Waals surface area contributed by atoms with E-state index in [9.17, 15) is 24.9 Å². The van der Waals surface area contributed by atoms with Crippen molar-refractivity contribution in [2.75, 3.05) is 6.61 Å². The second-order valence-corrected chi connectivity index (χ2v) is 14.3. The molecule has 5 N–H and O–H groups in total. The number of rotatable bonds is 10. The van der Waals surface area contributed by atoms with Crippen molar-refractivity contribution in [1.29, 1.82) is 0 Å². The van der Waals surface area contributed by atoms with Crippen molar-refractivity contribution in [3.8, 4) is 0 Å². The summed E-state index contributed by atoms with van der Waals surface area (Å²) < 4.78 is 6.32. The summed E-state index contributed by atoms with van der Waals surface area (Å²) in [6.45, 7) is 9.45. The van der Waals surface area contributed by atoms with E-state index in [1.807, 2.05) is 26.8 Å². The standard InChI is InChI=1S/C35H49NO6/c1-21-12-14-24(15-13-21)10-8-6-7-9-11-27(36)31(39)42-34-18-23(3)35(41)26(29(34)32(34,4)5)17-25(20-37)19-33(40)28(35)16-22(2)30(33)38/h12-17,23,26-29,37,40-41H,6-11,18-20,36H2,1-5H3/t23-,26+,27-,28-,29-,33-,34+,35-/m1/s1. The van der Waals surface area contributed by atoms with Gasteiger partial charge in [-0.3, -0.25) is 9.59 Å². The van der Waals surface area contributed by atoms with Crippen LogP contribution < -0.4 is 5.73 Å². The molecule has 4 aliphatic carbocycles. The highest BCUT2D eigenvalue weighted by Gasteiger charge is 2.83. The van der Waals surface area contributed by atoms with Gasteiger partial charge in [-0.25, -0.2) is 0 Å². The third-order valence-corrected chi connectivity index (χ3v) is 11.3. The quantitative estimate of drug-likeness (QED) is 0.184. The number of ether oxygens (including phenoxy) is 1. The van der Waals surface area contributed by atoms with Crippen LogP contribution in [0.4, 0.5) is 0 Å². The fraction of sp³-hybridized carbons (Fsp3) is 0.657. The molecule has 1 aromatic rings. The van der Waals surface area contributed by atoms with Gasteiger partial charge in [-0.2, -0.15) is 0 Å². The number of ketones is 1. The Balaban J connectivity index is 1.24. The van der Waals surface area contributed by atoms with Crippen LogP contribution >= 0.6 is 0 Å². The molecule has 5 rings (SSSR count). The Hall–Kier alpha value is -2.32. The topological polar surface area (TPSA) is 130 Å². The first-order valence-electron chi connectivity index (χ1n) is 15.7. The van der Waals surface area contributed by atoms with Gasteiger partial charge in [0.15, 0.2) is 5.78 Å². The summed E-state index contributed by atoms with van der Waals surface area (Å²) in [7, 11) is 0. The minimum atomic E-state index is -1.80. The Kier molecular flexibility index (Phi) is 8.14. The number of carbonyl (C=O) groups excluding carboxylic acids is 2. The summed E-state index contributed by atoms with van der Waals surface area (Å²) in [5.41, 5.74) is 5.42. The maximum atomic E-state index is 13.4. The van der Waals surface area contributed by atoms with Crippen LogP contribution in [0.5, 0.6) is 0 Å². The normalized spacial score (nSPS) is 37.0. The highest BCUT2D eigenvalue weighted by atomic mass is 16.6. The number of benzene rings is 1. The van der Waals surface area contributed by atoms with Crippen LogP contribution in [-0.4, -0.2) is 56.5 Å². The van der Waals surface area contributed by atoms with E-state index in [1.165, 1.54) is 11.1 Å². The van der Waals surface area contributed by atoms with Crippen LogP contribution in [-0.2, 0) is 20.7 Å². The fourth-order valence-electron chi connectivity index (χ4n) is 8.77. The average Bonchev–Trinajstić information content (AvgIpc) is 3.35. The number of carbonyl (C=O) groups is 2. The molecule has 42 heavy (non-hydrogen) atoms. The molecule has 0 aromatic heterocycles. The SMILES string of the molecule is CC1=C[C@H]2[C@@]3(O)[C@H](C)C[C@]4(OC(=O)[C@H](N)CCCCCCc5ccc(C)cc5)[C@H]([C@@H]3C=C(CO)C[C@]2(O)C1=O)C4(C)C. The molecule has 0 bridgehead atoms. The summed E-state index contributed by atoms with van der Waals surface area (Å²) in [5.74, 6) is -2.75. The number of Topliss-reactive ketones (excluding diaryl/α,β-unsaturated/α-hetero) is 1. The first kappa shape index (κ1) is 31.1. The number of hydrogen-bond acceptors (Lipinski definition) is 7. The molecule has 0 saturated heterocycles. The van der Waals surface area contributed by atoms with E-state index in [-0.39, 0.29) is 24.9 Å². The van der Waals surface area contributed by atoms with Crippen LogP contribution in [0.2, 0.25) is 0 Å². The van der Waals surface area contributed by atoms with Gasteiger partial charge >= 0.3 is 5.97 Å². The largest absolute Gasteiger partial charge is 0.457 e. The summed E-state index contributed by atoms with van der Waals surface area (Å²) in [6.07, 6.45) is 9.59. The van der Waals surface area contributed by atoms with Gasteiger partial charge in [0.1, 0.15) is 17.2 Å². The Morgan fingerprint density at radius 1 is 1.07 bits per heavy atom. The second kappa shape index (κ2) is 11.0. The first-order valence-corrected chi connectivity index (χ1v) is 15.7. The van der Waals surface area contributed by atoms with E-state index in [2.05, 4.69) is 31.2 Å². The van der Waals surface area contributed by atoms with Crippen molar-refractivity contribution in [1.82, 2.24) is 0 Å². The minimum absolute atomic E-state index is 0.0256. The van der Waals surface area contributed by atoms with Crippen molar-refractivity contribution in [3.63, 3.8) is 0 Å². The van der Waals surface area contributed by atoms with Crippen LogP contribution in [0.15, 0.2) is 47.6 Å². The van der Waals surface area contributed by atoms with Crippen LogP contribution in [0.1, 0.15) is 83.8 Å². The maximum absolute atomic E-state index is 13.4. The average molecular weight is 580 g/mol. The lowest BCUT2D eigenvalue weighted by atomic mass is 9.60.